The molecule has 0 aromatic heterocycles. The number of carboxylic acid groups (broad SMARTS) is 2. The molecule has 0 fully saturated rings. The van der Waals surface area contributed by atoms with Crippen LogP contribution in [0.15, 0.2) is 0 Å². The van der Waals surface area contributed by atoms with Crippen LogP contribution in [0.5, 0.6) is 0 Å². The lowest BCUT2D eigenvalue weighted by Gasteiger charge is -1.63. The van der Waals surface area contributed by atoms with Crippen LogP contribution >= 0.6 is 31.9 Å². The van der Waals surface area contributed by atoms with Gasteiger partial charge < -0.3 is 10.2 Å². The summed E-state index contributed by atoms with van der Waals surface area (Å²) in [5, 5.41) is 16.0. The van der Waals surface area contributed by atoms with Crippen molar-refractivity contribution in [1.82, 2.24) is 0 Å². The SMILES string of the molecule is BrCCBr.O=C(O)O. The fourth-order valence-corrected chi connectivity index (χ4v) is 0. The van der Waals surface area contributed by atoms with Crippen molar-refractivity contribution < 1.29 is 15.0 Å². The summed E-state index contributed by atoms with van der Waals surface area (Å²) >= 11 is 6.40. The van der Waals surface area contributed by atoms with Crippen LogP contribution < -0.4 is 0 Å². The molecule has 0 saturated heterocycles. The van der Waals surface area contributed by atoms with Gasteiger partial charge in [-0.15, -0.1) is 0 Å². The minimum absolute atomic E-state index is 1.05. The minimum Gasteiger partial charge on any atom is -0.450 e. The lowest BCUT2D eigenvalue weighted by atomic mass is 11.0. The highest BCUT2D eigenvalue weighted by Gasteiger charge is 1.70. The summed E-state index contributed by atoms with van der Waals surface area (Å²) in [7, 11) is 0. The van der Waals surface area contributed by atoms with Crippen molar-refractivity contribution in [2.24, 2.45) is 0 Å². The third-order valence-corrected chi connectivity index (χ3v) is 1.93. The normalized spacial score (nSPS) is 6.75. The van der Waals surface area contributed by atoms with Crippen molar-refractivity contribution in [1.29, 1.82) is 0 Å². The Morgan fingerprint density at radius 3 is 1.38 bits per heavy atom. The van der Waals surface area contributed by atoms with E-state index in [4.69, 9.17) is 15.0 Å². The zero-order chi connectivity index (χ0) is 6.99. The Kier molecular flexibility index (Phi) is 14.2. The fraction of sp³-hybridized carbons (Fsp3) is 0.667. The molecule has 0 aliphatic rings. The first-order valence-corrected chi connectivity index (χ1v) is 3.93. The van der Waals surface area contributed by atoms with Gasteiger partial charge in [0.05, 0.1) is 0 Å². The molecule has 0 saturated carbocycles. The molecule has 0 amide bonds. The maximum atomic E-state index is 8.56. The Morgan fingerprint density at radius 2 is 1.38 bits per heavy atom. The van der Waals surface area contributed by atoms with E-state index in [2.05, 4.69) is 31.9 Å². The monoisotopic (exact) mass is 248 g/mol. The molecule has 0 aromatic carbocycles. The molecule has 0 aliphatic heterocycles. The second-order valence-corrected chi connectivity index (χ2v) is 2.25. The van der Waals surface area contributed by atoms with E-state index in [-0.39, 0.29) is 0 Å². The van der Waals surface area contributed by atoms with Gasteiger partial charge in [0.15, 0.2) is 0 Å². The molecule has 0 rings (SSSR count). The molecule has 0 atom stereocenters. The zero-order valence-electron chi connectivity index (χ0n) is 3.97. The van der Waals surface area contributed by atoms with E-state index in [0.717, 1.165) is 10.7 Å². The molecule has 0 unspecified atom stereocenters. The van der Waals surface area contributed by atoms with Crippen molar-refractivity contribution in [2.45, 2.75) is 0 Å². The topological polar surface area (TPSA) is 57.5 Å². The second kappa shape index (κ2) is 10.3. The summed E-state index contributed by atoms with van der Waals surface area (Å²) in [4.78, 5) is 8.56. The van der Waals surface area contributed by atoms with E-state index >= 15 is 0 Å². The third-order valence-electron chi connectivity index (χ3n) is 0.0714. The van der Waals surface area contributed by atoms with Gasteiger partial charge in [-0.1, -0.05) is 31.9 Å². The molecule has 3 nitrogen and oxygen atoms in total. The highest BCUT2D eigenvalue weighted by molar-refractivity contribution is 9.11. The van der Waals surface area contributed by atoms with E-state index in [1.807, 2.05) is 0 Å². The van der Waals surface area contributed by atoms with E-state index in [1.165, 1.54) is 0 Å². The third kappa shape index (κ3) is 113. The van der Waals surface area contributed by atoms with Crippen molar-refractivity contribution in [3.05, 3.63) is 0 Å². The number of halogens is 2. The maximum absolute atomic E-state index is 8.56. The van der Waals surface area contributed by atoms with Gasteiger partial charge in [0.2, 0.25) is 0 Å². The Labute approximate surface area is 64.0 Å². The van der Waals surface area contributed by atoms with Gasteiger partial charge in [0, 0.05) is 10.7 Å². The highest BCUT2D eigenvalue weighted by atomic mass is 79.9. The molecule has 50 valence electrons. The van der Waals surface area contributed by atoms with Crippen molar-refractivity contribution in [3.8, 4) is 0 Å². The van der Waals surface area contributed by atoms with Crippen LogP contribution in [0.25, 0.3) is 0 Å². The van der Waals surface area contributed by atoms with Gasteiger partial charge in [0.1, 0.15) is 0 Å². The molecule has 0 radical (unpaired) electrons. The summed E-state index contributed by atoms with van der Waals surface area (Å²) in [5.41, 5.74) is 0. The smallest absolute Gasteiger partial charge is 0.450 e. The lowest BCUT2D eigenvalue weighted by molar-refractivity contribution is 0.137. The molecular formula is C3H6Br2O3. The predicted octanol–water partition coefficient (Wildman–Crippen LogP) is 2.00. The Bertz CT molecular complexity index is 50.5. The molecule has 0 bridgehead atoms. The van der Waals surface area contributed by atoms with E-state index < -0.39 is 6.16 Å². The Hall–Kier alpha value is 0.230. The average Bonchev–Trinajstić information content (AvgIpc) is 1.65. The molecule has 0 aliphatic carbocycles. The molecule has 0 aromatic rings. The van der Waals surface area contributed by atoms with E-state index in [9.17, 15) is 0 Å². The van der Waals surface area contributed by atoms with Gasteiger partial charge in [-0.05, 0) is 0 Å². The van der Waals surface area contributed by atoms with E-state index in [1.54, 1.807) is 0 Å². The maximum Gasteiger partial charge on any atom is 0.503 e. The second-order valence-electron chi connectivity index (χ2n) is 0.661. The van der Waals surface area contributed by atoms with Crippen LogP contribution in [-0.4, -0.2) is 27.0 Å². The fourth-order valence-electron chi connectivity index (χ4n) is 0. The van der Waals surface area contributed by atoms with Crippen molar-refractivity contribution in [3.63, 3.8) is 0 Å². The average molecular weight is 250 g/mol. The predicted molar refractivity (Wildman–Crippen MR) is 38.2 cm³/mol. The van der Waals surface area contributed by atoms with E-state index in [0.29, 0.717) is 0 Å². The van der Waals surface area contributed by atoms with Crippen LogP contribution in [-0.2, 0) is 0 Å². The molecule has 0 heterocycles. The lowest BCUT2D eigenvalue weighted by Crippen LogP contribution is -1.81. The summed E-state index contributed by atoms with van der Waals surface area (Å²) in [6.07, 6.45) is -1.83. The number of carbonyl (C=O) groups is 1. The molecule has 5 heteroatoms. The summed E-state index contributed by atoms with van der Waals surface area (Å²) < 4.78 is 0. The molecular weight excluding hydrogens is 244 g/mol. The van der Waals surface area contributed by atoms with Gasteiger partial charge in [-0.2, -0.15) is 0 Å². The van der Waals surface area contributed by atoms with Crippen LogP contribution in [0.1, 0.15) is 0 Å². The summed E-state index contributed by atoms with van der Waals surface area (Å²) in [5.74, 6) is 0. The Balaban J connectivity index is 0. The van der Waals surface area contributed by atoms with Crippen LogP contribution in [0.2, 0.25) is 0 Å². The molecule has 2 N–H and O–H groups in total. The minimum atomic E-state index is -1.83. The van der Waals surface area contributed by atoms with Gasteiger partial charge in [0.25, 0.3) is 0 Å². The largest absolute Gasteiger partial charge is 0.503 e. The van der Waals surface area contributed by atoms with Crippen LogP contribution in [0.3, 0.4) is 0 Å². The highest BCUT2D eigenvalue weighted by Crippen LogP contribution is 1.82. The standard InChI is InChI=1S/C2H4Br2.CH2O3/c3-1-2-4;2-1(3)4/h1-2H2;(H2,2,3,4). The number of hydrogen-bond acceptors (Lipinski definition) is 1. The Morgan fingerprint density at radius 1 is 1.25 bits per heavy atom. The number of alkyl halides is 2. The first-order chi connectivity index (χ1) is 3.65. The summed E-state index contributed by atoms with van der Waals surface area (Å²) in [6, 6.07) is 0. The zero-order valence-corrected chi connectivity index (χ0v) is 7.14. The quantitative estimate of drug-likeness (QED) is 0.699. The number of rotatable bonds is 1. The van der Waals surface area contributed by atoms with Crippen LogP contribution in [0.4, 0.5) is 4.79 Å². The first kappa shape index (κ1) is 11.1. The summed E-state index contributed by atoms with van der Waals surface area (Å²) in [6.45, 7) is 0. The molecule has 0 spiro atoms. The van der Waals surface area contributed by atoms with Crippen molar-refractivity contribution >= 4 is 38.0 Å². The van der Waals surface area contributed by atoms with Crippen molar-refractivity contribution in [2.75, 3.05) is 10.7 Å². The van der Waals surface area contributed by atoms with Gasteiger partial charge in [-0.25, -0.2) is 4.79 Å². The molecule has 8 heavy (non-hydrogen) atoms. The van der Waals surface area contributed by atoms with Gasteiger partial charge >= 0.3 is 6.16 Å². The number of hydrogen-bond donors (Lipinski definition) is 2. The van der Waals surface area contributed by atoms with Gasteiger partial charge in [-0.3, -0.25) is 0 Å². The first-order valence-electron chi connectivity index (χ1n) is 1.69. The van der Waals surface area contributed by atoms with Crippen LogP contribution in [0, 0.1) is 0 Å².